The van der Waals surface area contributed by atoms with Gasteiger partial charge in [-0.15, -0.1) is 0 Å². The topological polar surface area (TPSA) is 345 Å². The fourth-order valence-electron chi connectivity index (χ4n) is 0. The van der Waals surface area contributed by atoms with Gasteiger partial charge in [-0.3, -0.25) is 0 Å². The van der Waals surface area contributed by atoms with Crippen molar-refractivity contribution in [3.8, 4) is 0 Å². The molecule has 0 N–H and O–H groups in total. The molecule has 16 nitrogen and oxygen atoms in total. The minimum atomic E-state index is -6.10. The van der Waals surface area contributed by atoms with Gasteiger partial charge < -0.3 is 0 Å². The molecule has 0 aromatic carbocycles. The molecule has 0 heterocycles. The zero-order valence-electron chi connectivity index (χ0n) is 10.5. The van der Waals surface area contributed by atoms with Gasteiger partial charge in [0.25, 0.3) is 0 Å². The predicted molar refractivity (Wildman–Crippen MR) is 37.3 cm³/mol. The second-order valence-electron chi connectivity index (χ2n) is 1.79. The molecular weight excluding hydrogens is 1180 g/mol. The third kappa shape index (κ3) is 568. The molecule has 130 valence electrons. The summed E-state index contributed by atoms with van der Waals surface area (Å²) in [4.78, 5) is 0. The van der Waals surface area contributed by atoms with Gasteiger partial charge >= 0.3 is 254 Å². The van der Waals surface area contributed by atoms with E-state index in [1.165, 1.54) is 0 Å². The fourth-order valence-corrected chi connectivity index (χ4v) is 0. The molecule has 0 amide bonds. The second-order valence-corrected chi connectivity index (χ2v) is 12.0. The van der Waals surface area contributed by atoms with Crippen LogP contribution in [-0.4, -0.2) is 153 Å². The predicted octanol–water partition coefficient (Wildman–Crippen LogP) is -17.0. The summed E-state index contributed by atoms with van der Waals surface area (Å²) in [5.41, 5.74) is 0. The Hall–Kier alpha value is 5.99. The Morgan fingerprint density at radius 2 is 0.417 bits per heavy atom. The van der Waals surface area contributed by atoms with Crippen LogP contribution in [0.25, 0.3) is 0 Å². The van der Waals surface area contributed by atoms with E-state index in [1.54, 1.807) is 0 Å². The molecule has 0 aliphatic rings. The van der Waals surface area contributed by atoms with Crippen LogP contribution in [-0.2, 0) is 60.0 Å². The Morgan fingerprint density at radius 3 is 0.417 bits per heavy atom. The third-order valence-electron chi connectivity index (χ3n) is 0. The van der Waals surface area contributed by atoms with E-state index in [2.05, 4.69) is 0 Å². The average Bonchev–Trinajstić information content (AvgIpc) is 1.62. The van der Waals surface area contributed by atoms with Crippen molar-refractivity contribution in [2.45, 2.75) is 0 Å². The molecule has 0 aromatic heterocycles. The zero-order chi connectivity index (χ0) is 18.0. The van der Waals surface area contributed by atoms with Crippen LogP contribution in [0.5, 0.6) is 0 Å². The van der Waals surface area contributed by atoms with Crippen molar-refractivity contribution in [1.29, 1.82) is 0 Å². The molecule has 0 rings (SSSR count). The molecule has 0 spiro atoms. The van der Waals surface area contributed by atoms with Crippen LogP contribution in [0.15, 0.2) is 0 Å². The van der Waals surface area contributed by atoms with Gasteiger partial charge in [-0.2, -0.15) is 0 Å². The smallest absolute Gasteiger partial charge is 2.00 e. The maximum Gasteiger partial charge on any atom is 4.00 e. The Labute approximate surface area is 247 Å². The summed E-state index contributed by atoms with van der Waals surface area (Å²) in [7, 11) is 0. The first-order valence-electron chi connectivity index (χ1n) is 2.92. The van der Waals surface area contributed by atoms with Gasteiger partial charge in [0.1, 0.15) is 0 Å². The summed E-state index contributed by atoms with van der Waals surface area (Å²) >= 11 is -24.4. The number of hydrogen-bond donors (Lipinski definition) is 0. The van der Waals surface area contributed by atoms with Crippen LogP contribution in [0.1, 0.15) is 0 Å². The van der Waals surface area contributed by atoms with Crippen molar-refractivity contribution in [3.63, 3.8) is 0 Å². The fraction of sp³-hybridized carbons (Fsp3) is 0. The quantitative estimate of drug-likeness (QED) is 0.203. The maximum atomic E-state index is 8.64. The van der Waals surface area contributed by atoms with E-state index in [4.69, 9.17) is 52.7 Å². The first-order valence-corrected chi connectivity index (χ1v) is 19.6. The Morgan fingerprint density at radius 1 is 0.417 bits per heavy atom. The molecule has 24 heteroatoms. The molecule has 0 aliphatic heterocycles. The first-order chi connectivity index (χ1) is 8.00. The van der Waals surface area contributed by atoms with E-state index in [-0.39, 0.29) is 121 Å². The summed E-state index contributed by atoms with van der Waals surface area (Å²) in [6.45, 7) is 0. The molecular formula is O16PbSb4SrTiZr. The zero-order valence-corrected chi connectivity index (χ0v) is 32.1. The molecule has 0 atom stereocenters. The first kappa shape index (κ1) is 52.1. The van der Waals surface area contributed by atoms with Crippen LogP contribution in [0, 0.1) is 0 Å². The average molecular weight is 1180 g/mol. The SMILES string of the molecule is [O]=[Sb]([O-])([O-])[O-].[O]=[Sb]([O-])([O-])[O-].[O]=[Sb]([O-])([O-])[O-].[O]=[Sb]([O-])([O-])[O-].[Pb+2].[Sr+2].[Ti+4].[Zr+4]. The summed E-state index contributed by atoms with van der Waals surface area (Å²) < 4.78 is 138. The van der Waals surface area contributed by atoms with Crippen molar-refractivity contribution >= 4 is 153 Å². The molecule has 2 radical (unpaired) electrons. The molecule has 0 aromatic rings. The van der Waals surface area contributed by atoms with E-state index in [1.807, 2.05) is 0 Å². The molecule has 24 heavy (non-hydrogen) atoms. The van der Waals surface area contributed by atoms with Crippen molar-refractivity contribution in [2.24, 2.45) is 0 Å². The molecule has 0 fully saturated rings. The van der Waals surface area contributed by atoms with Crippen LogP contribution in [0.4, 0.5) is 0 Å². The van der Waals surface area contributed by atoms with Gasteiger partial charge in [-0.05, 0) is 0 Å². The van der Waals surface area contributed by atoms with Crippen LogP contribution in [0.3, 0.4) is 0 Å². The van der Waals surface area contributed by atoms with Crippen molar-refractivity contribution in [3.05, 3.63) is 0 Å². The van der Waals surface area contributed by atoms with Gasteiger partial charge in [0.05, 0.1) is 0 Å². The van der Waals surface area contributed by atoms with E-state index < -0.39 is 80.2 Å². The summed E-state index contributed by atoms with van der Waals surface area (Å²) in [5.74, 6) is 0. The van der Waals surface area contributed by atoms with E-state index in [0.717, 1.165) is 0 Å². The van der Waals surface area contributed by atoms with Gasteiger partial charge in [-0.1, -0.05) is 0 Å². The van der Waals surface area contributed by atoms with Gasteiger partial charge in [0.2, 0.25) is 0 Å². The number of hydrogen-bond acceptors (Lipinski definition) is 16. The summed E-state index contributed by atoms with van der Waals surface area (Å²) in [6.07, 6.45) is 0. The maximum absolute atomic E-state index is 8.64. The molecule has 0 saturated heterocycles. The summed E-state index contributed by atoms with van der Waals surface area (Å²) in [6, 6.07) is 0. The molecule has 0 saturated carbocycles. The summed E-state index contributed by atoms with van der Waals surface area (Å²) in [5, 5.41) is 0. The normalized spacial score (nSPS) is 9.83. The largest absolute Gasteiger partial charge is 4.00 e. The van der Waals surface area contributed by atoms with E-state index in [9.17, 15) is 0 Å². The second kappa shape index (κ2) is 25.3. The number of rotatable bonds is 0. The van der Waals surface area contributed by atoms with E-state index >= 15 is 0 Å². The third-order valence-corrected chi connectivity index (χ3v) is 0. The van der Waals surface area contributed by atoms with Crippen LogP contribution >= 0.6 is 0 Å². The standard InChI is InChI=1S/16O.Pb.4Sb.Sr.Ti.Zr/q;;;;12*-1;+2;;;;;+2;2*+4. The Bertz CT molecular complexity index is 303. The van der Waals surface area contributed by atoms with Crippen molar-refractivity contribution in [2.75, 3.05) is 0 Å². The van der Waals surface area contributed by atoms with Crippen LogP contribution in [0.2, 0.25) is 0 Å². The Kier molecular flexibility index (Phi) is 54.8. The minimum absolute atomic E-state index is 0. The molecule has 0 bridgehead atoms. The molecule has 0 aliphatic carbocycles. The van der Waals surface area contributed by atoms with Crippen molar-refractivity contribution < 1.29 is 101 Å². The van der Waals surface area contributed by atoms with Crippen molar-refractivity contribution in [1.82, 2.24) is 0 Å². The Balaban J connectivity index is -0.0000000225. The monoisotopic (exact) mass is 1170 g/mol. The van der Waals surface area contributed by atoms with Gasteiger partial charge in [0, 0.05) is 0 Å². The molecule has 0 unspecified atom stereocenters. The minimum Gasteiger partial charge on any atom is 2.00 e. The van der Waals surface area contributed by atoms with E-state index in [0.29, 0.717) is 0 Å². The van der Waals surface area contributed by atoms with Gasteiger partial charge in [-0.25, -0.2) is 0 Å². The van der Waals surface area contributed by atoms with Crippen LogP contribution < -0.4 is 40.6 Å². The van der Waals surface area contributed by atoms with Gasteiger partial charge in [0.15, 0.2) is 0 Å².